The summed E-state index contributed by atoms with van der Waals surface area (Å²) in [6.07, 6.45) is -1.62. The van der Waals surface area contributed by atoms with Crippen LogP contribution in [-0.2, 0) is 24.3 Å². The third-order valence-electron chi connectivity index (χ3n) is 5.55. The molecule has 0 saturated carbocycles. The van der Waals surface area contributed by atoms with Crippen LogP contribution in [0.25, 0.3) is 11.1 Å². The second-order valence-corrected chi connectivity index (χ2v) is 10.3. The molecule has 0 bridgehead atoms. The Kier molecular flexibility index (Phi) is 7.90. The third kappa shape index (κ3) is 5.91. The van der Waals surface area contributed by atoms with E-state index in [0.717, 1.165) is 26.6 Å². The van der Waals surface area contributed by atoms with Crippen molar-refractivity contribution in [3.05, 3.63) is 59.7 Å². The Balaban J connectivity index is 1.61. The van der Waals surface area contributed by atoms with Crippen molar-refractivity contribution in [2.24, 2.45) is 0 Å². The van der Waals surface area contributed by atoms with Gasteiger partial charge in [0.2, 0.25) is 15.9 Å². The van der Waals surface area contributed by atoms with Gasteiger partial charge in [-0.15, -0.1) is 0 Å². The van der Waals surface area contributed by atoms with Crippen LogP contribution >= 0.6 is 0 Å². The zero-order valence-electron chi connectivity index (χ0n) is 18.9. The predicted molar refractivity (Wildman–Crippen MR) is 125 cm³/mol. The van der Waals surface area contributed by atoms with Crippen LogP contribution in [0, 0.1) is 0 Å². The molecule has 1 atom stereocenters. The number of carboxylic acid groups (broad SMARTS) is 1. The fourth-order valence-electron chi connectivity index (χ4n) is 3.78. The summed E-state index contributed by atoms with van der Waals surface area (Å²) in [6, 6.07) is 14.2. The van der Waals surface area contributed by atoms with Gasteiger partial charge < -0.3 is 20.5 Å². The van der Waals surface area contributed by atoms with Crippen LogP contribution in [0.5, 0.6) is 0 Å². The van der Waals surface area contributed by atoms with E-state index in [-0.39, 0.29) is 24.8 Å². The molecule has 3 rings (SSSR count). The predicted octanol–water partition coefficient (Wildman–Crippen LogP) is 1.38. The maximum absolute atomic E-state index is 12.4. The molecule has 1 aliphatic carbocycles. The van der Waals surface area contributed by atoms with E-state index in [9.17, 15) is 22.8 Å². The number of ether oxygens (including phenoxy) is 1. The summed E-state index contributed by atoms with van der Waals surface area (Å²) in [4.78, 5) is 36.0. The van der Waals surface area contributed by atoms with E-state index in [4.69, 9.17) is 9.84 Å². The van der Waals surface area contributed by atoms with Crippen LogP contribution in [-0.4, -0.2) is 74.8 Å². The zero-order valence-corrected chi connectivity index (χ0v) is 19.7. The first-order chi connectivity index (χ1) is 16.1. The Morgan fingerprint density at radius 2 is 1.59 bits per heavy atom. The number of amides is 2. The molecule has 0 aromatic heterocycles. The molecule has 182 valence electrons. The molecule has 0 radical (unpaired) electrons. The number of carbonyl (C=O) groups excluding carboxylic acids is 2. The number of rotatable bonds is 10. The molecule has 11 heteroatoms. The Morgan fingerprint density at radius 3 is 2.12 bits per heavy atom. The van der Waals surface area contributed by atoms with Crippen LogP contribution in [0.4, 0.5) is 4.79 Å². The second-order valence-electron chi connectivity index (χ2n) is 8.01. The number of benzene rings is 2. The van der Waals surface area contributed by atoms with E-state index in [1.807, 2.05) is 48.5 Å². The van der Waals surface area contributed by atoms with Crippen molar-refractivity contribution in [1.82, 2.24) is 14.9 Å². The van der Waals surface area contributed by atoms with Gasteiger partial charge in [-0.1, -0.05) is 48.5 Å². The number of nitrogens with zero attached hydrogens (tertiary/aromatic N) is 1. The Morgan fingerprint density at radius 1 is 1.03 bits per heavy atom. The Labute approximate surface area is 198 Å². The van der Waals surface area contributed by atoms with Crippen molar-refractivity contribution in [2.75, 3.05) is 33.0 Å². The first kappa shape index (κ1) is 25.2. The molecule has 1 aliphatic rings. The maximum Gasteiger partial charge on any atom is 0.407 e. The SMILES string of the molecule is CN(C)S(=O)(=O)CCNC(=O)C(CC(=O)O)NC(=O)OCC1c2ccccc2-c2ccccc21. The lowest BCUT2D eigenvalue weighted by Crippen LogP contribution is -2.49. The minimum absolute atomic E-state index is 0.00233. The summed E-state index contributed by atoms with van der Waals surface area (Å²) < 4.78 is 30.0. The first-order valence-corrected chi connectivity index (χ1v) is 12.2. The molecule has 3 N–H and O–H groups in total. The number of fused-ring (bicyclic) bond motifs is 3. The lowest BCUT2D eigenvalue weighted by molar-refractivity contribution is -0.139. The van der Waals surface area contributed by atoms with E-state index < -0.39 is 40.5 Å². The summed E-state index contributed by atoms with van der Waals surface area (Å²) >= 11 is 0. The Bertz CT molecular complexity index is 1140. The van der Waals surface area contributed by atoms with Crippen LogP contribution < -0.4 is 10.6 Å². The van der Waals surface area contributed by atoms with Gasteiger partial charge in [-0.25, -0.2) is 17.5 Å². The molecule has 2 aromatic rings. The largest absolute Gasteiger partial charge is 0.481 e. The van der Waals surface area contributed by atoms with Crippen molar-refractivity contribution in [3.63, 3.8) is 0 Å². The molecule has 34 heavy (non-hydrogen) atoms. The molecular formula is C23H27N3O7S. The van der Waals surface area contributed by atoms with Gasteiger partial charge in [0, 0.05) is 26.6 Å². The molecule has 0 spiro atoms. The van der Waals surface area contributed by atoms with Gasteiger partial charge in [0.1, 0.15) is 12.6 Å². The van der Waals surface area contributed by atoms with Crippen LogP contribution in [0.3, 0.4) is 0 Å². The van der Waals surface area contributed by atoms with Crippen molar-refractivity contribution < 1.29 is 32.6 Å². The fraction of sp³-hybridized carbons (Fsp3) is 0.348. The molecule has 2 aromatic carbocycles. The highest BCUT2D eigenvalue weighted by atomic mass is 32.2. The summed E-state index contributed by atoms with van der Waals surface area (Å²) in [5, 5.41) is 13.7. The third-order valence-corrected chi connectivity index (χ3v) is 7.38. The number of nitrogens with one attached hydrogen (secondary N) is 2. The summed E-state index contributed by atoms with van der Waals surface area (Å²) in [7, 11) is -0.814. The van der Waals surface area contributed by atoms with Crippen LogP contribution in [0.1, 0.15) is 23.5 Å². The van der Waals surface area contributed by atoms with Gasteiger partial charge in [0.15, 0.2) is 0 Å². The number of hydrogen-bond donors (Lipinski definition) is 3. The number of sulfonamides is 1. The lowest BCUT2D eigenvalue weighted by atomic mass is 9.98. The van der Waals surface area contributed by atoms with E-state index in [1.54, 1.807) is 0 Å². The first-order valence-electron chi connectivity index (χ1n) is 10.6. The average Bonchev–Trinajstić information content (AvgIpc) is 3.10. The van der Waals surface area contributed by atoms with Gasteiger partial charge in [0.25, 0.3) is 0 Å². The topological polar surface area (TPSA) is 142 Å². The number of carboxylic acids is 1. The highest BCUT2D eigenvalue weighted by molar-refractivity contribution is 7.89. The quantitative estimate of drug-likeness (QED) is 0.458. The fourth-order valence-corrected chi connectivity index (χ4v) is 4.50. The molecule has 0 fully saturated rings. The van der Waals surface area contributed by atoms with Crippen molar-refractivity contribution in [3.8, 4) is 11.1 Å². The van der Waals surface area contributed by atoms with E-state index in [2.05, 4.69) is 10.6 Å². The minimum atomic E-state index is -3.54. The second kappa shape index (κ2) is 10.7. The normalized spacial score (nSPS) is 13.6. The van der Waals surface area contributed by atoms with E-state index in [1.165, 1.54) is 14.1 Å². The van der Waals surface area contributed by atoms with Crippen molar-refractivity contribution in [1.29, 1.82) is 0 Å². The molecule has 0 aliphatic heterocycles. The van der Waals surface area contributed by atoms with Crippen molar-refractivity contribution in [2.45, 2.75) is 18.4 Å². The molecule has 10 nitrogen and oxygen atoms in total. The molecular weight excluding hydrogens is 462 g/mol. The van der Waals surface area contributed by atoms with Gasteiger partial charge in [-0.05, 0) is 22.3 Å². The number of alkyl carbamates (subject to hydrolysis) is 1. The number of aliphatic carboxylic acids is 1. The van der Waals surface area contributed by atoms with Gasteiger partial charge >= 0.3 is 12.1 Å². The average molecular weight is 490 g/mol. The van der Waals surface area contributed by atoms with Crippen molar-refractivity contribution >= 4 is 28.0 Å². The zero-order chi connectivity index (χ0) is 24.9. The molecule has 1 unspecified atom stereocenters. The van der Waals surface area contributed by atoms with Crippen LogP contribution in [0.2, 0.25) is 0 Å². The number of carbonyl (C=O) groups is 3. The van der Waals surface area contributed by atoms with E-state index in [0.29, 0.717) is 0 Å². The molecule has 0 heterocycles. The standard InChI is InChI=1S/C23H27N3O7S/c1-26(2)34(31,32)12-11-24-22(29)20(13-21(27)28)25-23(30)33-14-19-17-9-5-3-7-15(17)16-8-4-6-10-18(16)19/h3-10,19-20H,11-14H2,1-2H3,(H,24,29)(H,25,30)(H,27,28). The summed E-state index contributed by atoms with van der Waals surface area (Å²) in [6.45, 7) is -0.232. The monoisotopic (exact) mass is 489 g/mol. The van der Waals surface area contributed by atoms with Gasteiger partial charge in [-0.3, -0.25) is 9.59 Å². The highest BCUT2D eigenvalue weighted by Crippen LogP contribution is 2.44. The molecule has 0 saturated heterocycles. The minimum Gasteiger partial charge on any atom is -0.481 e. The summed E-state index contributed by atoms with van der Waals surface area (Å²) in [5.41, 5.74) is 4.14. The summed E-state index contributed by atoms with van der Waals surface area (Å²) in [5.74, 6) is -2.68. The maximum atomic E-state index is 12.4. The van der Waals surface area contributed by atoms with Gasteiger partial charge in [0.05, 0.1) is 12.2 Å². The Hall–Kier alpha value is -3.44. The highest BCUT2D eigenvalue weighted by Gasteiger charge is 2.30. The molecule has 2 amide bonds. The smallest absolute Gasteiger partial charge is 0.407 e. The van der Waals surface area contributed by atoms with Gasteiger partial charge in [-0.2, -0.15) is 0 Å². The van der Waals surface area contributed by atoms with Crippen LogP contribution in [0.15, 0.2) is 48.5 Å². The lowest BCUT2D eigenvalue weighted by Gasteiger charge is -2.19. The van der Waals surface area contributed by atoms with E-state index >= 15 is 0 Å². The number of hydrogen-bond acceptors (Lipinski definition) is 6.